The van der Waals surface area contributed by atoms with E-state index in [1.165, 1.54) is 36.5 Å². The summed E-state index contributed by atoms with van der Waals surface area (Å²) in [6.45, 7) is 0. The van der Waals surface area contributed by atoms with Crippen molar-refractivity contribution < 1.29 is 19.2 Å². The number of benzene rings is 1. The van der Waals surface area contributed by atoms with E-state index < -0.39 is 10.9 Å². The Hall–Kier alpha value is -3.72. The van der Waals surface area contributed by atoms with Crippen LogP contribution in [0.2, 0.25) is 5.02 Å². The topological polar surface area (TPSA) is 131 Å². The minimum Gasteiger partial charge on any atom is -0.478 e. The maximum atomic E-state index is 11.1. The van der Waals surface area contributed by atoms with Crippen molar-refractivity contribution >= 4 is 35.3 Å². The first-order chi connectivity index (χ1) is 12.9. The number of hydrogen-bond donors (Lipinski definition) is 2. The van der Waals surface area contributed by atoms with Gasteiger partial charge in [0.1, 0.15) is 23.5 Å². The molecule has 0 fully saturated rings. The number of halogens is 1. The van der Waals surface area contributed by atoms with Gasteiger partial charge in [-0.1, -0.05) is 11.6 Å². The summed E-state index contributed by atoms with van der Waals surface area (Å²) < 4.78 is 5.60. The van der Waals surface area contributed by atoms with E-state index in [0.29, 0.717) is 27.9 Å². The molecule has 0 bridgehead atoms. The number of nitrogens with zero attached hydrogens (tertiary/aromatic N) is 3. The molecule has 136 valence electrons. The van der Waals surface area contributed by atoms with Crippen LogP contribution in [0.4, 0.5) is 11.5 Å². The normalized spacial score (nSPS) is 10.9. The highest BCUT2D eigenvalue weighted by Gasteiger charge is 2.12. The minimum atomic E-state index is -1.07. The monoisotopic (exact) mass is 386 g/mol. The second-order valence-corrected chi connectivity index (χ2v) is 5.64. The number of aromatic carboxylic acids is 1. The van der Waals surface area contributed by atoms with E-state index in [-0.39, 0.29) is 11.3 Å². The molecule has 2 heterocycles. The van der Waals surface area contributed by atoms with Crippen molar-refractivity contribution in [2.75, 3.05) is 5.43 Å². The predicted octanol–water partition coefficient (Wildman–Crippen LogP) is 4.05. The second kappa shape index (κ2) is 7.67. The van der Waals surface area contributed by atoms with Crippen LogP contribution in [-0.4, -0.2) is 27.2 Å². The molecule has 3 rings (SSSR count). The summed E-state index contributed by atoms with van der Waals surface area (Å²) in [4.78, 5) is 25.0. The number of carboxylic acids is 1. The molecule has 27 heavy (non-hydrogen) atoms. The van der Waals surface area contributed by atoms with Crippen LogP contribution in [-0.2, 0) is 0 Å². The molecule has 0 saturated heterocycles. The van der Waals surface area contributed by atoms with Gasteiger partial charge in [0.15, 0.2) is 0 Å². The SMILES string of the molecule is O=C(O)c1ccc(Cl)c(-c2ccc(/C=N/Nc3ccc([N+](=O)[O-])cn3)o2)c1. The number of carbonyl (C=O) groups is 1. The van der Waals surface area contributed by atoms with E-state index in [2.05, 4.69) is 15.5 Å². The summed E-state index contributed by atoms with van der Waals surface area (Å²) in [5.74, 6) is 0.0242. The average molecular weight is 387 g/mol. The van der Waals surface area contributed by atoms with Crippen molar-refractivity contribution in [1.82, 2.24) is 4.98 Å². The molecule has 0 unspecified atom stereocenters. The number of hydrogen-bond acceptors (Lipinski definition) is 7. The van der Waals surface area contributed by atoms with Gasteiger partial charge in [0.2, 0.25) is 0 Å². The Labute approximate surface area is 157 Å². The molecule has 2 N–H and O–H groups in total. The van der Waals surface area contributed by atoms with E-state index >= 15 is 0 Å². The van der Waals surface area contributed by atoms with Crippen molar-refractivity contribution in [3.05, 3.63) is 75.1 Å². The highest BCUT2D eigenvalue weighted by molar-refractivity contribution is 6.33. The van der Waals surface area contributed by atoms with Gasteiger partial charge >= 0.3 is 5.97 Å². The average Bonchev–Trinajstić information content (AvgIpc) is 3.11. The summed E-state index contributed by atoms with van der Waals surface area (Å²) in [7, 11) is 0. The van der Waals surface area contributed by atoms with Gasteiger partial charge in [-0.15, -0.1) is 0 Å². The summed E-state index contributed by atoms with van der Waals surface area (Å²) in [5.41, 5.74) is 3.03. The molecule has 0 spiro atoms. The molecular formula is C17H11ClN4O5. The van der Waals surface area contributed by atoms with Gasteiger partial charge < -0.3 is 9.52 Å². The molecule has 1 aromatic carbocycles. The van der Waals surface area contributed by atoms with Crippen molar-refractivity contribution in [2.45, 2.75) is 0 Å². The van der Waals surface area contributed by atoms with Gasteiger partial charge in [-0.2, -0.15) is 5.10 Å². The fourth-order valence-electron chi connectivity index (χ4n) is 2.14. The minimum absolute atomic E-state index is 0.0897. The number of rotatable bonds is 6. The van der Waals surface area contributed by atoms with E-state index in [9.17, 15) is 14.9 Å². The number of furan rings is 1. The fraction of sp³-hybridized carbons (Fsp3) is 0. The summed E-state index contributed by atoms with van der Waals surface area (Å²) in [5, 5.41) is 23.9. The Morgan fingerprint density at radius 2 is 2.11 bits per heavy atom. The molecule has 10 heteroatoms. The van der Waals surface area contributed by atoms with Crippen molar-refractivity contribution in [3.8, 4) is 11.3 Å². The Bertz CT molecular complexity index is 1030. The second-order valence-electron chi connectivity index (χ2n) is 5.23. The lowest BCUT2D eigenvalue weighted by molar-refractivity contribution is -0.385. The molecule has 3 aromatic rings. The first kappa shape index (κ1) is 18.1. The summed E-state index contributed by atoms with van der Waals surface area (Å²) >= 11 is 6.11. The predicted molar refractivity (Wildman–Crippen MR) is 98.2 cm³/mol. The highest BCUT2D eigenvalue weighted by Crippen LogP contribution is 2.30. The smallest absolute Gasteiger partial charge is 0.335 e. The van der Waals surface area contributed by atoms with Crippen LogP contribution >= 0.6 is 11.6 Å². The highest BCUT2D eigenvalue weighted by atomic mass is 35.5. The fourth-order valence-corrected chi connectivity index (χ4v) is 2.35. The molecule has 0 aliphatic rings. The maximum Gasteiger partial charge on any atom is 0.335 e. The van der Waals surface area contributed by atoms with Crippen molar-refractivity contribution in [1.29, 1.82) is 0 Å². The largest absolute Gasteiger partial charge is 0.478 e. The van der Waals surface area contributed by atoms with E-state index in [1.54, 1.807) is 12.1 Å². The summed E-state index contributed by atoms with van der Waals surface area (Å²) in [6, 6.07) is 10.3. The molecule has 0 radical (unpaired) electrons. The number of hydrazone groups is 1. The molecule has 0 atom stereocenters. The Kier molecular flexibility index (Phi) is 5.13. The quantitative estimate of drug-likeness (QED) is 0.371. The number of nitro groups is 1. The van der Waals surface area contributed by atoms with Gasteiger partial charge in [-0.25, -0.2) is 9.78 Å². The number of aromatic nitrogens is 1. The summed E-state index contributed by atoms with van der Waals surface area (Å²) in [6.07, 6.45) is 2.49. The molecule has 0 aliphatic carbocycles. The van der Waals surface area contributed by atoms with Gasteiger partial charge in [0, 0.05) is 11.6 Å². The van der Waals surface area contributed by atoms with Crippen LogP contribution < -0.4 is 5.43 Å². The van der Waals surface area contributed by atoms with Crippen LogP contribution in [0.1, 0.15) is 16.1 Å². The van der Waals surface area contributed by atoms with E-state index in [1.807, 2.05) is 0 Å². The van der Waals surface area contributed by atoms with Gasteiger partial charge in [-0.3, -0.25) is 15.5 Å². The number of anilines is 1. The van der Waals surface area contributed by atoms with Gasteiger partial charge in [-0.05, 0) is 36.4 Å². The number of nitrogens with one attached hydrogen (secondary N) is 1. The van der Waals surface area contributed by atoms with Crippen LogP contribution in [0.5, 0.6) is 0 Å². The van der Waals surface area contributed by atoms with Crippen LogP contribution in [0, 0.1) is 10.1 Å². The maximum absolute atomic E-state index is 11.1. The zero-order chi connectivity index (χ0) is 19.4. The van der Waals surface area contributed by atoms with Crippen molar-refractivity contribution in [2.24, 2.45) is 5.10 Å². The van der Waals surface area contributed by atoms with Crippen molar-refractivity contribution in [3.63, 3.8) is 0 Å². The Morgan fingerprint density at radius 3 is 2.78 bits per heavy atom. The molecular weight excluding hydrogens is 376 g/mol. The molecule has 2 aromatic heterocycles. The van der Waals surface area contributed by atoms with Crippen LogP contribution in [0.25, 0.3) is 11.3 Å². The standard InChI is InChI=1S/C17H11ClN4O5/c18-14-4-1-10(17(23)24)7-13(14)15-5-3-12(27-15)9-20-21-16-6-2-11(8-19-16)22(25)26/h1-9H,(H,19,21)(H,23,24)/b20-9+. The van der Waals surface area contributed by atoms with Gasteiger partial charge in [0.05, 0.1) is 21.7 Å². The van der Waals surface area contributed by atoms with E-state index in [4.69, 9.17) is 21.1 Å². The lowest BCUT2D eigenvalue weighted by Gasteiger charge is -2.02. The lowest BCUT2D eigenvalue weighted by atomic mass is 10.1. The Balaban J connectivity index is 1.72. The third-order valence-corrected chi connectivity index (χ3v) is 3.76. The zero-order valence-electron chi connectivity index (χ0n) is 13.5. The Morgan fingerprint density at radius 1 is 1.30 bits per heavy atom. The van der Waals surface area contributed by atoms with Crippen LogP contribution in [0.3, 0.4) is 0 Å². The van der Waals surface area contributed by atoms with E-state index in [0.717, 1.165) is 6.20 Å². The molecule has 0 amide bonds. The zero-order valence-corrected chi connectivity index (χ0v) is 14.3. The lowest BCUT2D eigenvalue weighted by Crippen LogP contribution is -1.96. The third kappa shape index (κ3) is 4.28. The third-order valence-electron chi connectivity index (χ3n) is 3.44. The first-order valence-electron chi connectivity index (χ1n) is 7.46. The first-order valence-corrected chi connectivity index (χ1v) is 7.84. The molecule has 9 nitrogen and oxygen atoms in total. The molecule has 0 aliphatic heterocycles. The van der Waals surface area contributed by atoms with Gasteiger partial charge in [0.25, 0.3) is 5.69 Å². The van der Waals surface area contributed by atoms with Crippen LogP contribution in [0.15, 0.2) is 58.2 Å². The number of pyridine rings is 1. The molecule has 0 saturated carbocycles. The number of carboxylic acid groups (broad SMARTS) is 1.